The number of likely N-dealkylation sites (tertiary alicyclic amines) is 2. The Morgan fingerprint density at radius 1 is 1.35 bits per heavy atom. The molecule has 5 nitrogen and oxygen atoms in total. The van der Waals surface area contributed by atoms with Crippen molar-refractivity contribution in [3.63, 3.8) is 0 Å². The maximum Gasteiger partial charge on any atom is 0.225 e. The van der Waals surface area contributed by atoms with Gasteiger partial charge in [0, 0.05) is 32.6 Å². The van der Waals surface area contributed by atoms with Gasteiger partial charge in [-0.2, -0.15) is 0 Å². The summed E-state index contributed by atoms with van der Waals surface area (Å²) in [6.07, 6.45) is 2.90. The molecule has 2 aliphatic heterocycles. The van der Waals surface area contributed by atoms with Crippen molar-refractivity contribution >= 4 is 11.8 Å². The van der Waals surface area contributed by atoms with Gasteiger partial charge in [0.1, 0.15) is 0 Å². The zero-order valence-corrected chi connectivity index (χ0v) is 12.7. The molecule has 0 aromatic heterocycles. The van der Waals surface area contributed by atoms with Gasteiger partial charge in [0.25, 0.3) is 0 Å². The van der Waals surface area contributed by atoms with Gasteiger partial charge in [-0.3, -0.25) is 9.59 Å². The van der Waals surface area contributed by atoms with Gasteiger partial charge in [-0.25, -0.2) is 0 Å². The summed E-state index contributed by atoms with van der Waals surface area (Å²) in [5, 5.41) is 2.99. The molecule has 2 rings (SSSR count). The second-order valence-corrected chi connectivity index (χ2v) is 6.15. The van der Waals surface area contributed by atoms with E-state index in [1.807, 2.05) is 6.92 Å². The van der Waals surface area contributed by atoms with Gasteiger partial charge in [0.15, 0.2) is 0 Å². The molecule has 0 aromatic carbocycles. The highest BCUT2D eigenvalue weighted by molar-refractivity contribution is 5.89. The highest BCUT2D eigenvalue weighted by Gasteiger charge is 2.33. The summed E-state index contributed by atoms with van der Waals surface area (Å²) in [6.45, 7) is 9.45. The molecule has 1 atom stereocenters. The van der Waals surface area contributed by atoms with Crippen molar-refractivity contribution in [1.82, 2.24) is 15.1 Å². The summed E-state index contributed by atoms with van der Waals surface area (Å²) in [6, 6.07) is 0. The Morgan fingerprint density at radius 3 is 2.65 bits per heavy atom. The van der Waals surface area contributed by atoms with E-state index in [-0.39, 0.29) is 17.7 Å². The van der Waals surface area contributed by atoms with Gasteiger partial charge >= 0.3 is 0 Å². The van der Waals surface area contributed by atoms with Crippen LogP contribution >= 0.6 is 0 Å². The molecule has 0 aliphatic carbocycles. The molecule has 0 spiro atoms. The first kappa shape index (κ1) is 15.3. The molecular weight excluding hydrogens is 254 g/mol. The summed E-state index contributed by atoms with van der Waals surface area (Å²) < 4.78 is 0. The first-order chi connectivity index (χ1) is 9.60. The van der Waals surface area contributed by atoms with Crippen LogP contribution in [0.4, 0.5) is 0 Å². The monoisotopic (exact) mass is 281 g/mol. The minimum absolute atomic E-state index is 0.0414. The van der Waals surface area contributed by atoms with Crippen LogP contribution in [0, 0.1) is 11.8 Å². The molecule has 114 valence electrons. The minimum atomic E-state index is -0.149. The zero-order chi connectivity index (χ0) is 14.5. The van der Waals surface area contributed by atoms with E-state index < -0.39 is 0 Å². The zero-order valence-electron chi connectivity index (χ0n) is 12.7. The Bertz CT molecular complexity index is 351. The predicted octanol–water partition coefficient (Wildman–Crippen LogP) is 0.703. The molecule has 1 N–H and O–H groups in total. The second-order valence-electron chi connectivity index (χ2n) is 6.15. The van der Waals surface area contributed by atoms with Gasteiger partial charge < -0.3 is 15.1 Å². The average molecular weight is 281 g/mol. The molecule has 0 saturated carbocycles. The van der Waals surface area contributed by atoms with Crippen LogP contribution in [0.15, 0.2) is 0 Å². The van der Waals surface area contributed by atoms with E-state index in [4.69, 9.17) is 0 Å². The number of hydrogen-bond acceptors (Lipinski definition) is 3. The Hall–Kier alpha value is -1.10. The van der Waals surface area contributed by atoms with Crippen LogP contribution in [0.2, 0.25) is 0 Å². The highest BCUT2D eigenvalue weighted by Crippen LogP contribution is 2.17. The van der Waals surface area contributed by atoms with Crippen molar-refractivity contribution in [1.29, 1.82) is 0 Å². The molecular formula is C15H27N3O2. The van der Waals surface area contributed by atoms with Crippen LogP contribution in [0.3, 0.4) is 0 Å². The van der Waals surface area contributed by atoms with Crippen LogP contribution in [0.25, 0.3) is 0 Å². The molecule has 0 unspecified atom stereocenters. The van der Waals surface area contributed by atoms with Crippen LogP contribution < -0.4 is 5.32 Å². The van der Waals surface area contributed by atoms with E-state index in [1.54, 1.807) is 4.90 Å². The molecule has 0 bridgehead atoms. The lowest BCUT2D eigenvalue weighted by atomic mass is 9.99. The molecule has 0 aromatic rings. The third kappa shape index (κ3) is 3.95. The van der Waals surface area contributed by atoms with Gasteiger partial charge in [0.2, 0.25) is 11.8 Å². The lowest BCUT2D eigenvalue weighted by Crippen LogP contribution is -2.41. The van der Waals surface area contributed by atoms with E-state index in [0.29, 0.717) is 26.1 Å². The number of nitrogens with one attached hydrogen (secondary N) is 1. The molecule has 2 aliphatic rings. The quantitative estimate of drug-likeness (QED) is 0.807. The number of hydrogen-bond donors (Lipinski definition) is 1. The van der Waals surface area contributed by atoms with Crippen LogP contribution in [-0.4, -0.2) is 60.9 Å². The van der Waals surface area contributed by atoms with Crippen LogP contribution in [-0.2, 0) is 9.59 Å². The number of carbonyl (C=O) groups excluding carboxylic acids is 2. The molecule has 0 radical (unpaired) electrons. The van der Waals surface area contributed by atoms with Crippen LogP contribution in [0.1, 0.15) is 33.1 Å². The van der Waals surface area contributed by atoms with E-state index >= 15 is 0 Å². The number of rotatable bonds is 5. The Balaban J connectivity index is 1.64. The average Bonchev–Trinajstić information content (AvgIpc) is 2.82. The molecule has 2 saturated heterocycles. The topological polar surface area (TPSA) is 52.7 Å². The Kier molecular flexibility index (Phi) is 5.40. The Labute approximate surface area is 121 Å². The number of nitrogens with zero attached hydrogens (tertiary/aromatic N) is 2. The maximum absolute atomic E-state index is 12.0. The van der Waals surface area contributed by atoms with Crippen molar-refractivity contribution in [2.24, 2.45) is 11.8 Å². The molecule has 2 amide bonds. The van der Waals surface area contributed by atoms with Crippen LogP contribution in [0.5, 0.6) is 0 Å². The second kappa shape index (κ2) is 7.07. The maximum atomic E-state index is 12.0. The third-order valence-corrected chi connectivity index (χ3v) is 4.57. The lowest BCUT2D eigenvalue weighted by molar-refractivity contribution is -0.128. The van der Waals surface area contributed by atoms with Gasteiger partial charge in [-0.15, -0.1) is 0 Å². The first-order valence-electron chi connectivity index (χ1n) is 7.88. The smallest absolute Gasteiger partial charge is 0.225 e. The fourth-order valence-corrected chi connectivity index (χ4v) is 3.02. The van der Waals surface area contributed by atoms with E-state index in [9.17, 15) is 9.59 Å². The highest BCUT2D eigenvalue weighted by atomic mass is 16.2. The molecule has 5 heteroatoms. The summed E-state index contributed by atoms with van der Waals surface area (Å²) in [5.41, 5.74) is 0. The standard InChI is InChI=1S/C15H27N3O2/c1-3-18-11-13(10-14(18)19)15(20)16-6-9-17-7-4-12(2)5-8-17/h12-13H,3-11H2,1-2H3,(H,16,20)/t13-/m1/s1. The fraction of sp³-hybridized carbons (Fsp3) is 0.867. The fourth-order valence-electron chi connectivity index (χ4n) is 3.02. The largest absolute Gasteiger partial charge is 0.355 e. The number of amides is 2. The summed E-state index contributed by atoms with van der Waals surface area (Å²) >= 11 is 0. The summed E-state index contributed by atoms with van der Waals surface area (Å²) in [4.78, 5) is 27.8. The summed E-state index contributed by atoms with van der Waals surface area (Å²) in [7, 11) is 0. The molecule has 2 heterocycles. The van der Waals surface area contributed by atoms with Crippen molar-refractivity contribution in [3.8, 4) is 0 Å². The van der Waals surface area contributed by atoms with Crippen molar-refractivity contribution in [3.05, 3.63) is 0 Å². The SMILES string of the molecule is CCN1C[C@H](C(=O)NCCN2CCC(C)CC2)CC1=O. The lowest BCUT2D eigenvalue weighted by Gasteiger charge is -2.30. The predicted molar refractivity (Wildman–Crippen MR) is 78.2 cm³/mol. The van der Waals surface area contributed by atoms with Crippen molar-refractivity contribution in [2.75, 3.05) is 39.3 Å². The first-order valence-corrected chi connectivity index (χ1v) is 7.88. The van der Waals surface area contributed by atoms with E-state index in [2.05, 4.69) is 17.1 Å². The number of carbonyl (C=O) groups is 2. The third-order valence-electron chi connectivity index (χ3n) is 4.57. The van der Waals surface area contributed by atoms with Gasteiger partial charge in [-0.05, 0) is 38.8 Å². The Morgan fingerprint density at radius 2 is 2.05 bits per heavy atom. The number of piperidine rings is 1. The van der Waals surface area contributed by atoms with Crippen molar-refractivity contribution in [2.45, 2.75) is 33.1 Å². The van der Waals surface area contributed by atoms with Gasteiger partial charge in [-0.1, -0.05) is 6.92 Å². The van der Waals surface area contributed by atoms with E-state index in [1.165, 1.54) is 12.8 Å². The normalized spacial score (nSPS) is 25.2. The van der Waals surface area contributed by atoms with E-state index in [0.717, 1.165) is 25.6 Å². The summed E-state index contributed by atoms with van der Waals surface area (Å²) in [5.74, 6) is 0.839. The van der Waals surface area contributed by atoms with Crippen molar-refractivity contribution < 1.29 is 9.59 Å². The molecule has 20 heavy (non-hydrogen) atoms. The molecule has 2 fully saturated rings. The van der Waals surface area contributed by atoms with Gasteiger partial charge in [0.05, 0.1) is 5.92 Å². The minimum Gasteiger partial charge on any atom is -0.355 e.